The van der Waals surface area contributed by atoms with Gasteiger partial charge in [0.25, 0.3) is 0 Å². The Labute approximate surface area is 126 Å². The summed E-state index contributed by atoms with van der Waals surface area (Å²) in [6, 6.07) is 0. The minimum atomic E-state index is -0.861. The Hall–Kier alpha value is 0.938. The van der Waals surface area contributed by atoms with E-state index in [0.717, 1.165) is 0 Å². The van der Waals surface area contributed by atoms with Gasteiger partial charge in [-0.1, -0.05) is 39.3 Å². The van der Waals surface area contributed by atoms with Crippen molar-refractivity contribution in [2.24, 2.45) is 0 Å². The summed E-state index contributed by atoms with van der Waals surface area (Å²) in [6.07, 6.45) is 0. The zero-order chi connectivity index (χ0) is 14.4. The first-order valence-electron chi connectivity index (χ1n) is 5.50. The van der Waals surface area contributed by atoms with Gasteiger partial charge in [-0.05, 0) is 0 Å². The average molecular weight is 314 g/mol. The third-order valence-corrected chi connectivity index (χ3v) is 0. The van der Waals surface area contributed by atoms with Gasteiger partial charge in [-0.2, -0.15) is 28.2 Å². The molecule has 0 unspecified atom stereocenters. The molecule has 0 aromatic heterocycles. The van der Waals surface area contributed by atoms with Crippen LogP contribution in [0.2, 0.25) is 39.3 Å². The molecule has 0 aliphatic carbocycles. The van der Waals surface area contributed by atoms with Crippen LogP contribution >= 0.6 is 0 Å². The van der Waals surface area contributed by atoms with Crippen LogP contribution in [0.3, 0.4) is 0 Å². The Morgan fingerprint density at radius 3 is 0.588 bits per heavy atom. The Morgan fingerprint density at radius 1 is 0.588 bits per heavy atom. The third kappa shape index (κ3) is 4290. The summed E-state index contributed by atoms with van der Waals surface area (Å²) in [5.74, 6) is 0. The van der Waals surface area contributed by atoms with Crippen molar-refractivity contribution in [2.45, 2.75) is 39.3 Å². The topological polar surface area (TPSA) is 28.2 Å². The maximum Gasteiger partial charge on any atom is 4.00 e. The largest absolute Gasteiger partial charge is 4.00 e. The molecule has 5 heteroatoms. The first-order valence-corrected chi connectivity index (χ1v) is 12.9. The normalized spacial score (nSPS) is 9.18. The SMILES string of the molecule is C[N-]C.C[N-]C.[CH2-][Si](C)(C)C.[CH2-][Si](C)(C)C.[V+4]. The van der Waals surface area contributed by atoms with Crippen LogP contribution in [0.15, 0.2) is 0 Å². The molecular formula is C12H34N2Si2V. The second-order valence-electron chi connectivity index (χ2n) is 6.02. The molecule has 0 aliphatic rings. The van der Waals surface area contributed by atoms with E-state index in [0.29, 0.717) is 0 Å². The van der Waals surface area contributed by atoms with E-state index in [2.05, 4.69) is 63.0 Å². The van der Waals surface area contributed by atoms with E-state index in [9.17, 15) is 0 Å². The molecule has 0 aromatic carbocycles. The minimum Gasteiger partial charge on any atom is -0.668 e. The van der Waals surface area contributed by atoms with Gasteiger partial charge >= 0.3 is 18.6 Å². The van der Waals surface area contributed by atoms with E-state index in [-0.39, 0.29) is 18.6 Å². The fourth-order valence-corrected chi connectivity index (χ4v) is 0. The van der Waals surface area contributed by atoms with Crippen LogP contribution in [0.4, 0.5) is 0 Å². The molecule has 17 heavy (non-hydrogen) atoms. The standard InChI is InChI=1S/2C4H11Si.2C2H6N.V/c2*1-5(2,3)4;2*1-3-2;/h2*1H2,2-4H3;2*1-2H3;/q4*-1;+4. The van der Waals surface area contributed by atoms with Gasteiger partial charge < -0.3 is 23.7 Å². The van der Waals surface area contributed by atoms with Gasteiger partial charge in [-0.3, -0.25) is 0 Å². The van der Waals surface area contributed by atoms with Crippen molar-refractivity contribution in [1.29, 1.82) is 0 Å². The van der Waals surface area contributed by atoms with Crippen molar-refractivity contribution in [3.63, 3.8) is 0 Å². The van der Waals surface area contributed by atoms with Crippen molar-refractivity contribution in [1.82, 2.24) is 0 Å². The predicted molar refractivity (Wildman–Crippen MR) is 87.8 cm³/mol. The fourth-order valence-electron chi connectivity index (χ4n) is 0. The molecule has 0 saturated heterocycles. The van der Waals surface area contributed by atoms with Gasteiger partial charge in [-0.25, -0.2) is 0 Å². The monoisotopic (exact) mass is 313 g/mol. The smallest absolute Gasteiger partial charge is 0.668 e. The van der Waals surface area contributed by atoms with Crippen molar-refractivity contribution in [2.75, 3.05) is 28.2 Å². The summed E-state index contributed by atoms with van der Waals surface area (Å²) in [4.78, 5) is 0. The molecule has 0 bridgehead atoms. The van der Waals surface area contributed by atoms with Gasteiger partial charge in [0.1, 0.15) is 0 Å². The van der Waals surface area contributed by atoms with Crippen LogP contribution in [0.1, 0.15) is 0 Å². The van der Waals surface area contributed by atoms with E-state index < -0.39 is 16.1 Å². The van der Waals surface area contributed by atoms with Crippen molar-refractivity contribution >= 4 is 16.1 Å². The summed E-state index contributed by atoms with van der Waals surface area (Å²) < 4.78 is 0. The molecule has 0 aliphatic heterocycles. The van der Waals surface area contributed by atoms with Gasteiger partial charge in [-0.15, -0.1) is 16.1 Å². The van der Waals surface area contributed by atoms with E-state index in [1.165, 1.54) is 0 Å². The van der Waals surface area contributed by atoms with Crippen LogP contribution in [0.25, 0.3) is 10.6 Å². The van der Waals surface area contributed by atoms with Crippen LogP contribution in [0, 0.1) is 13.1 Å². The molecule has 0 rings (SSSR count). The van der Waals surface area contributed by atoms with Crippen molar-refractivity contribution in [3.05, 3.63) is 23.7 Å². The van der Waals surface area contributed by atoms with E-state index in [4.69, 9.17) is 0 Å². The van der Waals surface area contributed by atoms with E-state index >= 15 is 0 Å². The Morgan fingerprint density at radius 2 is 0.588 bits per heavy atom. The summed E-state index contributed by atoms with van der Waals surface area (Å²) in [5.41, 5.74) is 0. The van der Waals surface area contributed by atoms with E-state index in [1.807, 2.05) is 0 Å². The maximum atomic E-state index is 3.91. The molecular weight excluding hydrogens is 279 g/mol. The maximum absolute atomic E-state index is 3.91. The quantitative estimate of drug-likeness (QED) is 0.461. The third-order valence-electron chi connectivity index (χ3n) is 0. The van der Waals surface area contributed by atoms with Gasteiger partial charge in [0.05, 0.1) is 0 Å². The molecule has 0 atom stereocenters. The number of hydrogen-bond donors (Lipinski definition) is 0. The predicted octanol–water partition coefficient (Wildman–Crippen LogP) is 4.63. The molecule has 0 saturated carbocycles. The van der Waals surface area contributed by atoms with Gasteiger partial charge in [0.15, 0.2) is 0 Å². The number of nitrogens with zero attached hydrogens (tertiary/aromatic N) is 2. The zero-order valence-corrected chi connectivity index (χ0v) is 17.2. The molecule has 0 fully saturated rings. The fraction of sp³-hybridized carbons (Fsp3) is 0.833. The summed E-state index contributed by atoms with van der Waals surface area (Å²) in [7, 11) is 5.28. The Kier molecular flexibility index (Phi) is 34.9. The van der Waals surface area contributed by atoms with E-state index in [1.54, 1.807) is 28.2 Å². The van der Waals surface area contributed by atoms with Gasteiger partial charge in [0, 0.05) is 0 Å². The summed E-state index contributed by atoms with van der Waals surface area (Å²) in [6.45, 7) is 21.1. The summed E-state index contributed by atoms with van der Waals surface area (Å²) >= 11 is 0. The number of rotatable bonds is 0. The van der Waals surface area contributed by atoms with Crippen molar-refractivity contribution < 1.29 is 18.6 Å². The van der Waals surface area contributed by atoms with Crippen LogP contribution in [-0.4, -0.2) is 44.3 Å². The molecule has 0 amide bonds. The van der Waals surface area contributed by atoms with Gasteiger partial charge in [0.2, 0.25) is 0 Å². The second-order valence-corrected chi connectivity index (χ2v) is 16.3. The molecule has 105 valence electrons. The Balaban J connectivity index is -0.0000000381. The zero-order valence-electron chi connectivity index (χ0n) is 13.8. The Bertz CT molecular complexity index is 84.1. The molecule has 0 spiro atoms. The molecule has 0 aromatic rings. The molecule has 1 radical (unpaired) electrons. The van der Waals surface area contributed by atoms with Crippen LogP contribution in [0.5, 0.6) is 0 Å². The molecule has 0 heterocycles. The molecule has 2 nitrogen and oxygen atoms in total. The first kappa shape index (κ1) is 30.7. The molecule has 0 N–H and O–H groups in total. The minimum absolute atomic E-state index is 0. The van der Waals surface area contributed by atoms with Crippen LogP contribution in [-0.2, 0) is 18.6 Å². The van der Waals surface area contributed by atoms with Crippen LogP contribution < -0.4 is 0 Å². The summed E-state index contributed by atoms with van der Waals surface area (Å²) in [5, 5.41) is 7.00. The first-order chi connectivity index (χ1) is 6.83. The number of hydrogen-bond acceptors (Lipinski definition) is 0. The van der Waals surface area contributed by atoms with Crippen molar-refractivity contribution in [3.8, 4) is 0 Å². The average Bonchev–Trinajstić information content (AvgIpc) is 1.79. The second kappa shape index (κ2) is 19.3.